The van der Waals surface area contributed by atoms with Crippen molar-refractivity contribution >= 4 is 0 Å². The zero-order valence-corrected chi connectivity index (χ0v) is 20.9. The first-order valence-corrected chi connectivity index (χ1v) is 11.8. The van der Waals surface area contributed by atoms with E-state index in [0.717, 1.165) is 0 Å². The Hall–Kier alpha value is -3.16. The molecule has 0 aliphatic heterocycles. The third-order valence-corrected chi connectivity index (χ3v) is 6.43. The van der Waals surface area contributed by atoms with Crippen LogP contribution in [0.5, 0.6) is 0 Å². The first kappa shape index (κ1) is 24.5. The van der Waals surface area contributed by atoms with E-state index in [4.69, 9.17) is 0 Å². The summed E-state index contributed by atoms with van der Waals surface area (Å²) in [5.41, 5.74) is 11.0. The van der Waals surface area contributed by atoms with Crippen LogP contribution < -0.4 is 5.32 Å². The van der Waals surface area contributed by atoms with Crippen LogP contribution in [0.4, 0.5) is 0 Å². The van der Waals surface area contributed by atoms with Gasteiger partial charge in [-0.05, 0) is 86.3 Å². The molecule has 0 saturated heterocycles. The van der Waals surface area contributed by atoms with Crippen LogP contribution in [0.25, 0.3) is 0 Å². The van der Waals surface area contributed by atoms with E-state index in [2.05, 4.69) is 130 Å². The monoisotopic (exact) mass is 435 g/mol. The van der Waals surface area contributed by atoms with Gasteiger partial charge in [0.05, 0.1) is 0 Å². The van der Waals surface area contributed by atoms with E-state index in [1.54, 1.807) is 0 Å². The maximum Gasteiger partial charge on any atom is 0.0204 e. The van der Waals surface area contributed by atoms with E-state index in [-0.39, 0.29) is 11.8 Å². The van der Waals surface area contributed by atoms with Crippen LogP contribution in [-0.4, -0.2) is 14.1 Å². The summed E-state index contributed by atoms with van der Waals surface area (Å²) < 4.78 is 0. The van der Waals surface area contributed by atoms with Gasteiger partial charge in [0, 0.05) is 11.8 Å². The third kappa shape index (κ3) is 5.61. The van der Waals surface area contributed by atoms with Gasteiger partial charge in [-0.3, -0.25) is 0 Å². The van der Waals surface area contributed by atoms with Crippen molar-refractivity contribution in [2.75, 3.05) is 14.1 Å². The Labute approximate surface area is 200 Å². The molecule has 4 aromatic carbocycles. The molecule has 33 heavy (non-hydrogen) atoms. The molecule has 0 aliphatic carbocycles. The number of hydrogen-bond donors (Lipinski definition) is 1. The molecule has 1 N–H and O–H groups in total. The molecule has 0 radical (unpaired) electrons. The fourth-order valence-corrected chi connectivity index (χ4v) is 4.80. The topological polar surface area (TPSA) is 12.0 Å². The minimum atomic E-state index is 0.245. The molecule has 170 valence electrons. The number of aryl methyl sites for hydroxylation is 4. The molecule has 0 bridgehead atoms. The van der Waals surface area contributed by atoms with E-state index in [1.807, 2.05) is 14.1 Å². The molecule has 0 amide bonds. The van der Waals surface area contributed by atoms with E-state index in [0.29, 0.717) is 0 Å². The maximum atomic E-state index is 2.75. The van der Waals surface area contributed by atoms with Crippen LogP contribution in [0.1, 0.15) is 56.3 Å². The van der Waals surface area contributed by atoms with Crippen LogP contribution in [-0.2, 0) is 0 Å². The summed E-state index contributed by atoms with van der Waals surface area (Å²) in [6.45, 7) is 8.97. The SMILES string of the molecule is CNC.Cc1ccccc1C(c1ccccc1C)C(c1ccccc1C)c1ccccc1C. The van der Waals surface area contributed by atoms with Crippen molar-refractivity contribution in [2.45, 2.75) is 39.5 Å². The minimum absolute atomic E-state index is 0.245. The Bertz CT molecular complexity index is 990. The highest BCUT2D eigenvalue weighted by Crippen LogP contribution is 2.46. The van der Waals surface area contributed by atoms with E-state index >= 15 is 0 Å². The summed E-state index contributed by atoms with van der Waals surface area (Å²) >= 11 is 0. The summed E-state index contributed by atoms with van der Waals surface area (Å²) in [6, 6.07) is 35.5. The van der Waals surface area contributed by atoms with Gasteiger partial charge in [-0.15, -0.1) is 0 Å². The molecule has 0 heterocycles. The second-order valence-corrected chi connectivity index (χ2v) is 8.88. The fourth-order valence-electron chi connectivity index (χ4n) is 4.80. The number of nitrogens with one attached hydrogen (secondary N) is 1. The first-order chi connectivity index (χ1) is 16.0. The molecular formula is C32H37N. The van der Waals surface area contributed by atoms with Crippen LogP contribution in [0, 0.1) is 27.7 Å². The van der Waals surface area contributed by atoms with Gasteiger partial charge in [0.1, 0.15) is 0 Å². The van der Waals surface area contributed by atoms with Gasteiger partial charge in [-0.25, -0.2) is 0 Å². The Morgan fingerprint density at radius 2 is 0.576 bits per heavy atom. The molecule has 0 saturated carbocycles. The zero-order chi connectivity index (χ0) is 23.8. The van der Waals surface area contributed by atoms with Crippen molar-refractivity contribution < 1.29 is 0 Å². The van der Waals surface area contributed by atoms with E-state index in [9.17, 15) is 0 Å². The van der Waals surface area contributed by atoms with Crippen molar-refractivity contribution in [3.05, 3.63) is 142 Å². The number of rotatable bonds is 5. The highest BCUT2D eigenvalue weighted by molar-refractivity contribution is 5.51. The molecule has 4 aromatic rings. The van der Waals surface area contributed by atoms with Gasteiger partial charge < -0.3 is 5.32 Å². The lowest BCUT2D eigenvalue weighted by atomic mass is 9.70. The Morgan fingerprint density at radius 3 is 0.758 bits per heavy atom. The molecule has 0 aromatic heterocycles. The molecule has 1 nitrogen and oxygen atoms in total. The van der Waals surface area contributed by atoms with Gasteiger partial charge in [-0.2, -0.15) is 0 Å². The van der Waals surface area contributed by atoms with Crippen molar-refractivity contribution in [1.29, 1.82) is 0 Å². The summed E-state index contributed by atoms with van der Waals surface area (Å²) in [7, 11) is 3.75. The maximum absolute atomic E-state index is 2.75. The molecule has 0 fully saturated rings. The average Bonchev–Trinajstić information content (AvgIpc) is 2.81. The Balaban J connectivity index is 0.000000968. The highest BCUT2D eigenvalue weighted by atomic mass is 14.7. The lowest BCUT2D eigenvalue weighted by molar-refractivity contribution is 0.679. The molecule has 0 unspecified atom stereocenters. The average molecular weight is 436 g/mol. The zero-order valence-electron chi connectivity index (χ0n) is 20.9. The van der Waals surface area contributed by atoms with Crippen molar-refractivity contribution in [2.24, 2.45) is 0 Å². The van der Waals surface area contributed by atoms with Gasteiger partial charge in [0.15, 0.2) is 0 Å². The van der Waals surface area contributed by atoms with Gasteiger partial charge in [0.25, 0.3) is 0 Å². The normalized spacial score (nSPS) is 10.8. The van der Waals surface area contributed by atoms with Gasteiger partial charge in [-0.1, -0.05) is 97.1 Å². The van der Waals surface area contributed by atoms with Crippen LogP contribution in [0.3, 0.4) is 0 Å². The number of hydrogen-bond acceptors (Lipinski definition) is 1. The van der Waals surface area contributed by atoms with Gasteiger partial charge >= 0.3 is 0 Å². The second-order valence-electron chi connectivity index (χ2n) is 8.88. The van der Waals surface area contributed by atoms with Gasteiger partial charge in [0.2, 0.25) is 0 Å². The molecule has 0 aliphatic rings. The molecule has 1 heteroatoms. The smallest absolute Gasteiger partial charge is 0.0204 e. The highest BCUT2D eigenvalue weighted by Gasteiger charge is 2.31. The predicted molar refractivity (Wildman–Crippen MR) is 143 cm³/mol. The second kappa shape index (κ2) is 11.6. The third-order valence-electron chi connectivity index (χ3n) is 6.43. The summed E-state index contributed by atoms with van der Waals surface area (Å²) in [5.74, 6) is 0.490. The standard InChI is InChI=1S/C30H30.C2H7N/c1-21-13-5-9-17-25(21)29(26-18-10-6-14-22(26)2)30(27-19-11-7-15-23(27)3)28-20-12-8-16-24(28)4;1-3-2/h5-20,29-30H,1-4H3;3H,1-2H3. The van der Waals surface area contributed by atoms with Crippen LogP contribution >= 0.6 is 0 Å². The lowest BCUT2D eigenvalue weighted by Gasteiger charge is -2.33. The lowest BCUT2D eigenvalue weighted by Crippen LogP contribution is -2.18. The van der Waals surface area contributed by atoms with Crippen LogP contribution in [0.2, 0.25) is 0 Å². The largest absolute Gasteiger partial charge is 0.323 e. The summed E-state index contributed by atoms with van der Waals surface area (Å²) in [6.07, 6.45) is 0. The molecule has 4 rings (SSSR count). The summed E-state index contributed by atoms with van der Waals surface area (Å²) in [5, 5.41) is 2.75. The fraction of sp³-hybridized carbons (Fsp3) is 0.250. The van der Waals surface area contributed by atoms with Crippen molar-refractivity contribution in [3.8, 4) is 0 Å². The first-order valence-electron chi connectivity index (χ1n) is 11.8. The van der Waals surface area contributed by atoms with E-state index < -0.39 is 0 Å². The predicted octanol–water partition coefficient (Wildman–Crippen LogP) is 7.72. The number of benzene rings is 4. The quantitative estimate of drug-likeness (QED) is 0.338. The Morgan fingerprint density at radius 1 is 0.394 bits per heavy atom. The van der Waals surface area contributed by atoms with Crippen molar-refractivity contribution in [1.82, 2.24) is 5.32 Å². The summed E-state index contributed by atoms with van der Waals surface area (Å²) in [4.78, 5) is 0. The molecule has 0 atom stereocenters. The molecule has 0 spiro atoms. The van der Waals surface area contributed by atoms with Crippen LogP contribution in [0.15, 0.2) is 97.1 Å². The Kier molecular flexibility index (Phi) is 8.63. The van der Waals surface area contributed by atoms with Crippen molar-refractivity contribution in [3.63, 3.8) is 0 Å². The molecular weight excluding hydrogens is 398 g/mol. The van der Waals surface area contributed by atoms with E-state index in [1.165, 1.54) is 44.5 Å². The minimum Gasteiger partial charge on any atom is -0.323 e.